The molecule has 1 aliphatic heterocycles. The van der Waals surface area contributed by atoms with Crippen LogP contribution in [0.1, 0.15) is 18.4 Å². The molecule has 0 bridgehead atoms. The van der Waals surface area contributed by atoms with E-state index in [0.717, 1.165) is 15.6 Å². The second-order valence-corrected chi connectivity index (χ2v) is 8.12. The lowest BCUT2D eigenvalue weighted by Crippen LogP contribution is -2.40. The number of fused-ring (bicyclic) bond motifs is 1. The van der Waals surface area contributed by atoms with Crippen LogP contribution in [0.5, 0.6) is 0 Å². The molecule has 2 aromatic heterocycles. The zero-order chi connectivity index (χ0) is 17.4. The molecule has 0 amide bonds. The second-order valence-electron chi connectivity index (χ2n) is 6.29. The molecule has 0 spiro atoms. The van der Waals surface area contributed by atoms with Gasteiger partial charge in [0.2, 0.25) is 5.95 Å². The van der Waals surface area contributed by atoms with Gasteiger partial charge in [0.15, 0.2) is 0 Å². The van der Waals surface area contributed by atoms with E-state index in [2.05, 4.69) is 20.8 Å². The SMILES string of the molecule is O=c1c2sccc2nc(N2CCC(O)CC2)n1Cc1cccc(Br)c1. The highest BCUT2D eigenvalue weighted by Gasteiger charge is 2.23. The van der Waals surface area contributed by atoms with Crippen LogP contribution in [-0.2, 0) is 6.54 Å². The van der Waals surface area contributed by atoms with E-state index < -0.39 is 0 Å². The number of thiophene rings is 1. The van der Waals surface area contributed by atoms with Gasteiger partial charge < -0.3 is 10.0 Å². The lowest BCUT2D eigenvalue weighted by molar-refractivity contribution is 0.145. The van der Waals surface area contributed by atoms with Gasteiger partial charge in [-0.05, 0) is 42.0 Å². The number of hydrogen-bond donors (Lipinski definition) is 1. The zero-order valence-electron chi connectivity index (χ0n) is 13.6. The molecule has 1 fully saturated rings. The van der Waals surface area contributed by atoms with Crippen molar-refractivity contribution in [1.29, 1.82) is 0 Å². The van der Waals surface area contributed by atoms with Crippen molar-refractivity contribution < 1.29 is 5.11 Å². The number of hydrogen-bond acceptors (Lipinski definition) is 5. The topological polar surface area (TPSA) is 58.4 Å². The number of aromatic nitrogens is 2. The third-order valence-corrected chi connectivity index (χ3v) is 5.91. The monoisotopic (exact) mass is 419 g/mol. The summed E-state index contributed by atoms with van der Waals surface area (Å²) in [5, 5.41) is 11.7. The minimum Gasteiger partial charge on any atom is -0.393 e. The van der Waals surface area contributed by atoms with E-state index in [1.165, 1.54) is 11.3 Å². The second kappa shape index (κ2) is 6.90. The molecular weight excluding hydrogens is 402 g/mol. The number of aliphatic hydroxyl groups excluding tert-OH is 1. The predicted octanol–water partition coefficient (Wildman–Crippen LogP) is 3.23. The Bertz CT molecular complexity index is 960. The van der Waals surface area contributed by atoms with Crippen molar-refractivity contribution in [3.05, 3.63) is 56.1 Å². The summed E-state index contributed by atoms with van der Waals surface area (Å²) in [4.78, 5) is 19.9. The molecule has 3 aromatic rings. The molecule has 5 nitrogen and oxygen atoms in total. The van der Waals surface area contributed by atoms with Crippen LogP contribution in [0.3, 0.4) is 0 Å². The summed E-state index contributed by atoms with van der Waals surface area (Å²) in [6, 6.07) is 9.87. The average Bonchev–Trinajstić information content (AvgIpc) is 3.07. The molecule has 0 aliphatic carbocycles. The molecule has 1 N–H and O–H groups in total. The quantitative estimate of drug-likeness (QED) is 0.707. The lowest BCUT2D eigenvalue weighted by atomic mass is 10.1. The number of benzene rings is 1. The number of halogens is 1. The summed E-state index contributed by atoms with van der Waals surface area (Å²) < 4.78 is 3.44. The van der Waals surface area contributed by atoms with E-state index in [1.807, 2.05) is 35.7 Å². The Morgan fingerprint density at radius 3 is 2.84 bits per heavy atom. The maximum atomic E-state index is 13.1. The van der Waals surface area contributed by atoms with Crippen LogP contribution in [0.25, 0.3) is 10.2 Å². The fraction of sp³-hybridized carbons (Fsp3) is 0.333. The van der Waals surface area contributed by atoms with Gasteiger partial charge in [0.1, 0.15) is 4.70 Å². The first-order chi connectivity index (χ1) is 12.1. The molecule has 1 aromatic carbocycles. The van der Waals surface area contributed by atoms with Crippen molar-refractivity contribution >= 4 is 43.4 Å². The summed E-state index contributed by atoms with van der Waals surface area (Å²) >= 11 is 4.92. The van der Waals surface area contributed by atoms with E-state index in [-0.39, 0.29) is 11.7 Å². The smallest absolute Gasteiger partial charge is 0.273 e. The highest BCUT2D eigenvalue weighted by atomic mass is 79.9. The fourth-order valence-electron chi connectivity index (χ4n) is 3.20. The highest BCUT2D eigenvalue weighted by molar-refractivity contribution is 9.10. The maximum Gasteiger partial charge on any atom is 0.273 e. The number of aliphatic hydroxyl groups is 1. The summed E-state index contributed by atoms with van der Waals surface area (Å²) in [6.07, 6.45) is 1.15. The van der Waals surface area contributed by atoms with Crippen molar-refractivity contribution in [1.82, 2.24) is 9.55 Å². The molecule has 3 heterocycles. The van der Waals surface area contributed by atoms with Gasteiger partial charge in [-0.25, -0.2) is 4.98 Å². The molecule has 7 heteroatoms. The van der Waals surface area contributed by atoms with Crippen LogP contribution in [0.15, 0.2) is 45.0 Å². The van der Waals surface area contributed by atoms with Gasteiger partial charge in [-0.1, -0.05) is 28.1 Å². The van der Waals surface area contributed by atoms with Gasteiger partial charge in [-0.15, -0.1) is 11.3 Å². The fourth-order valence-corrected chi connectivity index (χ4v) is 4.42. The Balaban J connectivity index is 1.81. The Hall–Kier alpha value is -1.70. The Morgan fingerprint density at radius 2 is 2.08 bits per heavy atom. The third-order valence-electron chi connectivity index (χ3n) is 4.52. The van der Waals surface area contributed by atoms with Crippen molar-refractivity contribution in [2.75, 3.05) is 18.0 Å². The van der Waals surface area contributed by atoms with Crippen LogP contribution < -0.4 is 10.5 Å². The third kappa shape index (κ3) is 3.36. The van der Waals surface area contributed by atoms with E-state index in [0.29, 0.717) is 43.1 Å². The van der Waals surface area contributed by atoms with Crippen molar-refractivity contribution in [2.45, 2.75) is 25.5 Å². The number of nitrogens with zero attached hydrogens (tertiary/aromatic N) is 3. The van der Waals surface area contributed by atoms with Crippen LogP contribution in [0.4, 0.5) is 5.95 Å². The average molecular weight is 420 g/mol. The normalized spacial score (nSPS) is 15.8. The van der Waals surface area contributed by atoms with Gasteiger partial charge >= 0.3 is 0 Å². The van der Waals surface area contributed by atoms with Crippen molar-refractivity contribution in [2.24, 2.45) is 0 Å². The molecule has 0 saturated carbocycles. The molecule has 1 aliphatic rings. The standard InChI is InChI=1S/C18H18BrN3O2S/c19-13-3-1-2-12(10-13)11-22-17(24)16-15(6-9-25-16)20-18(22)21-7-4-14(23)5-8-21/h1-3,6,9-10,14,23H,4-5,7-8,11H2. The Morgan fingerprint density at radius 1 is 1.28 bits per heavy atom. The largest absolute Gasteiger partial charge is 0.393 e. The first kappa shape index (κ1) is 16.8. The first-order valence-corrected chi connectivity index (χ1v) is 9.94. The van der Waals surface area contributed by atoms with Crippen LogP contribution in [0.2, 0.25) is 0 Å². The highest BCUT2D eigenvalue weighted by Crippen LogP contribution is 2.23. The Kier molecular flexibility index (Phi) is 4.62. The first-order valence-electron chi connectivity index (χ1n) is 8.27. The van der Waals surface area contributed by atoms with Crippen molar-refractivity contribution in [3.63, 3.8) is 0 Å². The summed E-state index contributed by atoms with van der Waals surface area (Å²) in [5.41, 5.74) is 1.80. The lowest BCUT2D eigenvalue weighted by Gasteiger charge is -2.32. The van der Waals surface area contributed by atoms with E-state index in [4.69, 9.17) is 4.98 Å². The van der Waals surface area contributed by atoms with Crippen LogP contribution >= 0.6 is 27.3 Å². The van der Waals surface area contributed by atoms with Gasteiger partial charge in [0, 0.05) is 17.6 Å². The van der Waals surface area contributed by atoms with Crippen molar-refractivity contribution in [3.8, 4) is 0 Å². The summed E-state index contributed by atoms with van der Waals surface area (Å²) in [5.74, 6) is 0.697. The van der Waals surface area contributed by atoms with Crippen LogP contribution in [-0.4, -0.2) is 33.9 Å². The van der Waals surface area contributed by atoms with Gasteiger partial charge in [0.25, 0.3) is 5.56 Å². The molecule has 4 rings (SSSR count). The van der Waals surface area contributed by atoms with Gasteiger partial charge in [0.05, 0.1) is 18.2 Å². The molecule has 25 heavy (non-hydrogen) atoms. The Labute approximate surface area is 157 Å². The minimum absolute atomic E-state index is 0.00102. The number of anilines is 1. The molecule has 0 atom stereocenters. The van der Waals surface area contributed by atoms with E-state index in [9.17, 15) is 9.90 Å². The summed E-state index contributed by atoms with van der Waals surface area (Å²) in [6.45, 7) is 1.90. The molecule has 130 valence electrons. The minimum atomic E-state index is -0.258. The van der Waals surface area contributed by atoms with E-state index >= 15 is 0 Å². The molecule has 0 radical (unpaired) electrons. The molecule has 1 saturated heterocycles. The maximum absolute atomic E-state index is 13.1. The van der Waals surface area contributed by atoms with Gasteiger partial charge in [-0.2, -0.15) is 0 Å². The summed E-state index contributed by atoms with van der Waals surface area (Å²) in [7, 11) is 0. The zero-order valence-corrected chi connectivity index (χ0v) is 16.0. The van der Waals surface area contributed by atoms with Gasteiger partial charge in [-0.3, -0.25) is 9.36 Å². The van der Waals surface area contributed by atoms with E-state index in [1.54, 1.807) is 4.57 Å². The number of piperidine rings is 1. The molecular formula is C18H18BrN3O2S. The molecule has 0 unspecified atom stereocenters. The van der Waals surface area contributed by atoms with Crippen LogP contribution in [0, 0.1) is 0 Å². The number of rotatable bonds is 3. The predicted molar refractivity (Wildman–Crippen MR) is 105 cm³/mol.